The SMILES string of the molecule is CC(=O)N1CCc2cc(NS(=O)(=O)c3cc([N+](=O)[O-])cc(C)c3C)ccc21. The minimum atomic E-state index is -4.00. The highest BCUT2D eigenvalue weighted by Gasteiger charge is 2.25. The molecule has 9 heteroatoms. The maximum absolute atomic E-state index is 12.8. The number of nitro groups is 1. The van der Waals surface area contributed by atoms with Crippen LogP contribution in [0, 0.1) is 24.0 Å². The number of carbonyl (C=O) groups excluding carboxylic acids is 1. The molecule has 1 N–H and O–H groups in total. The average Bonchev–Trinajstić information content (AvgIpc) is 2.99. The molecule has 1 aliphatic heterocycles. The van der Waals surface area contributed by atoms with Gasteiger partial charge in [-0.15, -0.1) is 0 Å². The summed E-state index contributed by atoms with van der Waals surface area (Å²) in [5.74, 6) is -0.0650. The van der Waals surface area contributed by atoms with Gasteiger partial charge in [-0.2, -0.15) is 0 Å². The van der Waals surface area contributed by atoms with Crippen LogP contribution in [0.1, 0.15) is 23.6 Å². The van der Waals surface area contributed by atoms with Gasteiger partial charge in [0.15, 0.2) is 0 Å². The second kappa shape index (κ2) is 6.66. The van der Waals surface area contributed by atoms with E-state index in [1.165, 1.54) is 13.0 Å². The fraction of sp³-hybridized carbons (Fsp3) is 0.278. The molecule has 0 atom stereocenters. The lowest BCUT2D eigenvalue weighted by molar-refractivity contribution is -0.385. The Morgan fingerprint density at radius 2 is 1.93 bits per heavy atom. The largest absolute Gasteiger partial charge is 0.312 e. The van der Waals surface area contributed by atoms with Crippen molar-refractivity contribution in [3.63, 3.8) is 0 Å². The standard InChI is InChI=1S/C18H19N3O5S/c1-11-8-16(21(23)24)10-18(12(11)2)27(25,26)19-15-4-5-17-14(9-15)6-7-20(17)13(3)22/h4-5,8-10,19H,6-7H2,1-3H3. The lowest BCUT2D eigenvalue weighted by atomic mass is 10.1. The zero-order valence-electron chi connectivity index (χ0n) is 15.1. The van der Waals surface area contributed by atoms with E-state index < -0.39 is 14.9 Å². The van der Waals surface area contributed by atoms with Crippen LogP contribution in [0.4, 0.5) is 17.1 Å². The van der Waals surface area contributed by atoms with Gasteiger partial charge in [0.1, 0.15) is 0 Å². The van der Waals surface area contributed by atoms with Crippen molar-refractivity contribution in [3.8, 4) is 0 Å². The van der Waals surface area contributed by atoms with E-state index in [9.17, 15) is 23.3 Å². The molecule has 0 aromatic heterocycles. The highest BCUT2D eigenvalue weighted by atomic mass is 32.2. The zero-order chi connectivity index (χ0) is 19.9. The zero-order valence-corrected chi connectivity index (χ0v) is 16.0. The molecule has 1 aliphatic rings. The van der Waals surface area contributed by atoms with Crippen LogP contribution in [0.3, 0.4) is 0 Å². The van der Waals surface area contributed by atoms with Crippen LogP contribution in [0.25, 0.3) is 0 Å². The summed E-state index contributed by atoms with van der Waals surface area (Å²) in [7, 11) is -4.00. The van der Waals surface area contributed by atoms with E-state index in [0.717, 1.165) is 17.3 Å². The maximum atomic E-state index is 12.8. The molecule has 0 unspecified atom stereocenters. The van der Waals surface area contributed by atoms with Gasteiger partial charge in [-0.05, 0) is 55.2 Å². The van der Waals surface area contributed by atoms with Gasteiger partial charge in [-0.3, -0.25) is 19.6 Å². The first-order valence-electron chi connectivity index (χ1n) is 8.29. The number of amides is 1. The summed E-state index contributed by atoms with van der Waals surface area (Å²) >= 11 is 0. The summed E-state index contributed by atoms with van der Waals surface area (Å²) in [4.78, 5) is 23.6. The Hall–Kier alpha value is -2.94. The molecular formula is C18H19N3O5S. The van der Waals surface area contributed by atoms with Gasteiger partial charge in [-0.1, -0.05) is 0 Å². The number of nitrogens with zero attached hydrogens (tertiary/aromatic N) is 2. The number of sulfonamides is 1. The topological polar surface area (TPSA) is 110 Å². The molecule has 0 spiro atoms. The molecule has 2 aromatic carbocycles. The van der Waals surface area contributed by atoms with Crippen molar-refractivity contribution in [2.75, 3.05) is 16.2 Å². The Balaban J connectivity index is 1.97. The first-order valence-corrected chi connectivity index (χ1v) is 9.78. The van der Waals surface area contributed by atoms with Crippen LogP contribution in [0.5, 0.6) is 0 Å². The molecule has 0 radical (unpaired) electrons. The summed E-state index contributed by atoms with van der Waals surface area (Å²) in [5, 5.41) is 11.1. The highest BCUT2D eigenvalue weighted by molar-refractivity contribution is 7.92. The lowest BCUT2D eigenvalue weighted by Gasteiger charge is -2.16. The van der Waals surface area contributed by atoms with Crippen LogP contribution >= 0.6 is 0 Å². The number of nitro benzene ring substituents is 1. The minimum absolute atomic E-state index is 0.0650. The molecule has 0 saturated carbocycles. The third-order valence-corrected chi connectivity index (χ3v) is 6.22. The summed E-state index contributed by atoms with van der Waals surface area (Å²) in [6.45, 7) is 5.29. The van der Waals surface area contributed by atoms with Crippen LogP contribution in [0.2, 0.25) is 0 Å². The van der Waals surface area contributed by atoms with Crippen molar-refractivity contribution in [2.24, 2.45) is 0 Å². The number of non-ortho nitro benzene ring substituents is 1. The van der Waals surface area contributed by atoms with E-state index in [-0.39, 0.29) is 16.5 Å². The molecular weight excluding hydrogens is 370 g/mol. The van der Waals surface area contributed by atoms with Gasteiger partial charge in [0.2, 0.25) is 5.91 Å². The van der Waals surface area contributed by atoms with E-state index in [1.807, 2.05) is 0 Å². The minimum Gasteiger partial charge on any atom is -0.312 e. The fourth-order valence-corrected chi connectivity index (χ4v) is 4.58. The Labute approximate surface area is 157 Å². The highest BCUT2D eigenvalue weighted by Crippen LogP contribution is 2.32. The monoisotopic (exact) mass is 389 g/mol. The number of carbonyl (C=O) groups is 1. The van der Waals surface area contributed by atoms with Crippen LogP contribution in [-0.4, -0.2) is 25.8 Å². The summed E-state index contributed by atoms with van der Waals surface area (Å²) in [6.07, 6.45) is 0.638. The smallest absolute Gasteiger partial charge is 0.271 e. The number of hydrogen-bond donors (Lipinski definition) is 1. The number of anilines is 2. The third kappa shape index (κ3) is 3.50. The fourth-order valence-electron chi connectivity index (χ4n) is 3.20. The molecule has 142 valence electrons. The van der Waals surface area contributed by atoms with Crippen molar-refractivity contribution in [1.82, 2.24) is 0 Å². The van der Waals surface area contributed by atoms with Gasteiger partial charge in [-0.25, -0.2) is 8.42 Å². The molecule has 27 heavy (non-hydrogen) atoms. The van der Waals surface area contributed by atoms with Gasteiger partial charge in [0.25, 0.3) is 15.7 Å². The normalized spacial score (nSPS) is 13.4. The van der Waals surface area contributed by atoms with Crippen molar-refractivity contribution < 1.29 is 18.1 Å². The van der Waals surface area contributed by atoms with E-state index in [1.54, 1.807) is 36.9 Å². The Morgan fingerprint density at radius 1 is 1.22 bits per heavy atom. The second-order valence-electron chi connectivity index (χ2n) is 6.51. The van der Waals surface area contributed by atoms with Gasteiger partial charge < -0.3 is 4.90 Å². The molecule has 1 heterocycles. The van der Waals surface area contributed by atoms with Crippen molar-refractivity contribution >= 4 is 33.0 Å². The number of aryl methyl sites for hydroxylation is 1. The number of rotatable bonds is 4. The molecule has 0 saturated heterocycles. The first-order chi connectivity index (χ1) is 12.6. The summed E-state index contributed by atoms with van der Waals surface area (Å²) in [6, 6.07) is 7.38. The Morgan fingerprint density at radius 3 is 2.56 bits per heavy atom. The average molecular weight is 389 g/mol. The molecule has 3 rings (SSSR count). The van der Waals surface area contributed by atoms with Crippen LogP contribution in [0.15, 0.2) is 35.2 Å². The number of fused-ring (bicyclic) bond motifs is 1. The van der Waals surface area contributed by atoms with E-state index in [0.29, 0.717) is 29.8 Å². The first kappa shape index (κ1) is 18.8. The molecule has 0 aliphatic carbocycles. The quantitative estimate of drug-likeness (QED) is 0.639. The van der Waals surface area contributed by atoms with E-state index in [2.05, 4.69) is 4.72 Å². The van der Waals surface area contributed by atoms with Crippen molar-refractivity contribution in [2.45, 2.75) is 32.1 Å². The Bertz CT molecular complexity index is 1060. The van der Waals surface area contributed by atoms with Gasteiger partial charge in [0.05, 0.1) is 9.82 Å². The Kier molecular flexibility index (Phi) is 4.64. The molecule has 8 nitrogen and oxygen atoms in total. The lowest BCUT2D eigenvalue weighted by Crippen LogP contribution is -2.25. The second-order valence-corrected chi connectivity index (χ2v) is 8.16. The number of hydrogen-bond acceptors (Lipinski definition) is 5. The molecule has 0 bridgehead atoms. The van der Waals surface area contributed by atoms with Crippen molar-refractivity contribution in [1.29, 1.82) is 0 Å². The van der Waals surface area contributed by atoms with Gasteiger partial charge in [0, 0.05) is 37.0 Å². The third-order valence-electron chi connectivity index (χ3n) is 4.71. The van der Waals surface area contributed by atoms with Crippen LogP contribution in [-0.2, 0) is 21.2 Å². The molecule has 2 aromatic rings. The number of nitrogens with one attached hydrogen (secondary N) is 1. The van der Waals surface area contributed by atoms with Crippen LogP contribution < -0.4 is 9.62 Å². The maximum Gasteiger partial charge on any atom is 0.271 e. The van der Waals surface area contributed by atoms with E-state index >= 15 is 0 Å². The van der Waals surface area contributed by atoms with Crippen molar-refractivity contribution in [3.05, 3.63) is 57.1 Å². The summed E-state index contributed by atoms with van der Waals surface area (Å²) in [5.41, 5.74) is 2.70. The predicted octanol–water partition coefficient (Wildman–Crippen LogP) is 2.92. The summed E-state index contributed by atoms with van der Waals surface area (Å²) < 4.78 is 28.1. The number of benzene rings is 2. The molecule has 1 amide bonds. The molecule has 0 fully saturated rings. The van der Waals surface area contributed by atoms with E-state index in [4.69, 9.17) is 0 Å². The van der Waals surface area contributed by atoms with Gasteiger partial charge >= 0.3 is 0 Å². The predicted molar refractivity (Wildman–Crippen MR) is 102 cm³/mol.